The summed E-state index contributed by atoms with van der Waals surface area (Å²) < 4.78 is 4.64. The van der Waals surface area contributed by atoms with Crippen molar-refractivity contribution >= 4 is 12.1 Å². The van der Waals surface area contributed by atoms with E-state index in [1.54, 1.807) is 6.92 Å². The van der Waals surface area contributed by atoms with Crippen molar-refractivity contribution in [2.45, 2.75) is 25.1 Å². The van der Waals surface area contributed by atoms with E-state index in [4.69, 9.17) is 10.8 Å². The molecule has 1 rings (SSSR count). The van der Waals surface area contributed by atoms with E-state index in [2.05, 4.69) is 10.1 Å². The number of carboxylic acid groups (broad SMARTS) is 1. The smallest absolute Gasteiger partial charge is 0.407 e. The SMILES string of the molecule is C[C@@H]1NC(=O)O[C@@H]1[C@H](N)C(=O)O. The van der Waals surface area contributed by atoms with E-state index in [1.165, 1.54) is 0 Å². The summed E-state index contributed by atoms with van der Waals surface area (Å²) in [5.74, 6) is -1.18. The van der Waals surface area contributed by atoms with Gasteiger partial charge in [-0.2, -0.15) is 0 Å². The van der Waals surface area contributed by atoms with Gasteiger partial charge in [-0.3, -0.25) is 4.79 Å². The fourth-order valence-corrected chi connectivity index (χ4v) is 1.05. The molecule has 0 spiro atoms. The van der Waals surface area contributed by atoms with Gasteiger partial charge in [-0.15, -0.1) is 0 Å². The van der Waals surface area contributed by atoms with Gasteiger partial charge in [-0.05, 0) is 6.92 Å². The summed E-state index contributed by atoms with van der Waals surface area (Å²) >= 11 is 0. The Bertz CT molecular complexity index is 218. The molecule has 68 valence electrons. The van der Waals surface area contributed by atoms with Gasteiger partial charge in [-0.25, -0.2) is 4.79 Å². The van der Waals surface area contributed by atoms with Gasteiger partial charge in [0.1, 0.15) is 12.1 Å². The van der Waals surface area contributed by atoms with Crippen molar-refractivity contribution in [1.82, 2.24) is 5.32 Å². The minimum absolute atomic E-state index is 0.358. The normalized spacial score (nSPS) is 30.7. The molecule has 1 amide bonds. The summed E-state index contributed by atoms with van der Waals surface area (Å²) in [6, 6.07) is -1.53. The topological polar surface area (TPSA) is 102 Å². The van der Waals surface area contributed by atoms with Crippen LogP contribution in [0.2, 0.25) is 0 Å². The van der Waals surface area contributed by atoms with Gasteiger partial charge in [0.05, 0.1) is 6.04 Å². The predicted octanol–water partition coefficient (Wildman–Crippen LogP) is -1.10. The molecule has 0 bridgehead atoms. The molecule has 0 radical (unpaired) electrons. The van der Waals surface area contributed by atoms with Crippen LogP contribution >= 0.6 is 0 Å². The van der Waals surface area contributed by atoms with E-state index >= 15 is 0 Å². The molecule has 12 heavy (non-hydrogen) atoms. The first-order valence-corrected chi connectivity index (χ1v) is 3.48. The third-order valence-electron chi connectivity index (χ3n) is 1.72. The second kappa shape index (κ2) is 2.98. The fraction of sp³-hybridized carbons (Fsp3) is 0.667. The van der Waals surface area contributed by atoms with Gasteiger partial charge in [0.15, 0.2) is 0 Å². The van der Waals surface area contributed by atoms with E-state index in [-0.39, 0.29) is 6.04 Å². The molecule has 0 unspecified atom stereocenters. The maximum absolute atomic E-state index is 10.6. The summed E-state index contributed by atoms with van der Waals surface area (Å²) in [5, 5.41) is 10.9. The maximum Gasteiger partial charge on any atom is 0.407 e. The molecule has 4 N–H and O–H groups in total. The van der Waals surface area contributed by atoms with Crippen molar-refractivity contribution in [3.8, 4) is 0 Å². The number of rotatable bonds is 2. The standard InChI is InChI=1S/C6H10N2O4/c1-2-4(3(7)5(9)10)12-6(11)8-2/h2-4H,7H2,1H3,(H,8,11)(H,9,10)/t2-,3-,4-/m0/s1. The number of cyclic esters (lactones) is 1. The van der Waals surface area contributed by atoms with Gasteiger partial charge in [0.2, 0.25) is 0 Å². The average Bonchev–Trinajstić information content (AvgIpc) is 2.28. The number of hydrogen-bond acceptors (Lipinski definition) is 4. The number of aliphatic carboxylic acids is 1. The molecular weight excluding hydrogens is 164 g/mol. The van der Waals surface area contributed by atoms with Gasteiger partial charge in [-0.1, -0.05) is 0 Å². The van der Waals surface area contributed by atoms with Crippen LogP contribution in [0.1, 0.15) is 6.92 Å². The third-order valence-corrected chi connectivity index (χ3v) is 1.72. The summed E-state index contributed by atoms with van der Waals surface area (Å²) in [6.07, 6.45) is -1.40. The van der Waals surface area contributed by atoms with Crippen LogP contribution < -0.4 is 11.1 Å². The molecule has 1 heterocycles. The second-order valence-electron chi connectivity index (χ2n) is 2.67. The molecule has 0 aromatic carbocycles. The quantitative estimate of drug-likeness (QED) is 0.493. The monoisotopic (exact) mass is 174 g/mol. The molecule has 1 fully saturated rings. The zero-order valence-electron chi connectivity index (χ0n) is 6.48. The highest BCUT2D eigenvalue weighted by Crippen LogP contribution is 2.10. The number of carbonyl (C=O) groups is 2. The van der Waals surface area contributed by atoms with E-state index < -0.39 is 24.2 Å². The van der Waals surface area contributed by atoms with Gasteiger partial charge >= 0.3 is 12.1 Å². The maximum atomic E-state index is 10.6. The van der Waals surface area contributed by atoms with Crippen molar-refractivity contribution in [2.24, 2.45) is 5.73 Å². The van der Waals surface area contributed by atoms with Crippen molar-refractivity contribution in [1.29, 1.82) is 0 Å². The van der Waals surface area contributed by atoms with Crippen LogP contribution in [0.4, 0.5) is 4.79 Å². The first kappa shape index (κ1) is 8.79. The van der Waals surface area contributed by atoms with Crippen LogP contribution in [0.5, 0.6) is 0 Å². The number of carbonyl (C=O) groups excluding carboxylic acids is 1. The summed E-state index contributed by atoms with van der Waals surface area (Å²) in [4.78, 5) is 21.0. The van der Waals surface area contributed by atoms with Gasteiger partial charge in [0, 0.05) is 0 Å². The highest BCUT2D eigenvalue weighted by Gasteiger charge is 2.38. The Morgan fingerprint density at radius 2 is 2.42 bits per heavy atom. The lowest BCUT2D eigenvalue weighted by atomic mass is 10.1. The van der Waals surface area contributed by atoms with E-state index in [0.29, 0.717) is 0 Å². The van der Waals surface area contributed by atoms with Crippen molar-refractivity contribution in [3.05, 3.63) is 0 Å². The molecule has 1 saturated heterocycles. The van der Waals surface area contributed by atoms with E-state index in [1.807, 2.05) is 0 Å². The Labute approximate surface area is 68.7 Å². The molecule has 6 heteroatoms. The minimum atomic E-state index is -1.18. The number of nitrogens with two attached hydrogens (primary N) is 1. The lowest BCUT2D eigenvalue weighted by Crippen LogP contribution is -2.47. The number of nitrogens with one attached hydrogen (secondary N) is 1. The molecule has 0 saturated carbocycles. The molecule has 0 aliphatic carbocycles. The van der Waals surface area contributed by atoms with Gasteiger partial charge < -0.3 is 20.9 Å². The van der Waals surface area contributed by atoms with E-state index in [9.17, 15) is 9.59 Å². The Hall–Kier alpha value is -1.30. The Kier molecular flexibility index (Phi) is 2.18. The Morgan fingerprint density at radius 3 is 2.75 bits per heavy atom. The summed E-state index contributed by atoms with van der Waals surface area (Å²) in [5.41, 5.74) is 5.26. The molecule has 3 atom stereocenters. The first-order chi connectivity index (χ1) is 5.52. The minimum Gasteiger partial charge on any atom is -0.480 e. The highest BCUT2D eigenvalue weighted by atomic mass is 16.6. The molecule has 1 aliphatic heterocycles. The van der Waals surface area contributed by atoms with E-state index in [0.717, 1.165) is 0 Å². The van der Waals surface area contributed by atoms with Crippen molar-refractivity contribution in [2.75, 3.05) is 0 Å². The molecule has 0 aromatic heterocycles. The Balaban J connectivity index is 2.63. The summed E-state index contributed by atoms with van der Waals surface area (Å²) in [7, 11) is 0. The molecule has 6 nitrogen and oxygen atoms in total. The summed E-state index contributed by atoms with van der Waals surface area (Å²) in [6.45, 7) is 1.64. The van der Waals surface area contributed by atoms with Crippen LogP contribution in [0.3, 0.4) is 0 Å². The number of carboxylic acids is 1. The number of hydrogen-bond donors (Lipinski definition) is 3. The molecular formula is C6H10N2O4. The zero-order chi connectivity index (χ0) is 9.30. The fourth-order valence-electron chi connectivity index (χ4n) is 1.05. The third kappa shape index (κ3) is 1.48. The first-order valence-electron chi connectivity index (χ1n) is 3.48. The second-order valence-corrected chi connectivity index (χ2v) is 2.67. The van der Waals surface area contributed by atoms with Crippen molar-refractivity contribution in [3.63, 3.8) is 0 Å². The number of ether oxygens (including phenoxy) is 1. The largest absolute Gasteiger partial charge is 0.480 e. The zero-order valence-corrected chi connectivity index (χ0v) is 6.48. The van der Waals surface area contributed by atoms with Crippen LogP contribution in [0, 0.1) is 0 Å². The van der Waals surface area contributed by atoms with Crippen LogP contribution in [-0.4, -0.2) is 35.4 Å². The predicted molar refractivity (Wildman–Crippen MR) is 38.5 cm³/mol. The lowest BCUT2D eigenvalue weighted by molar-refractivity contribution is -0.140. The number of amides is 1. The van der Waals surface area contributed by atoms with Crippen LogP contribution in [0.25, 0.3) is 0 Å². The van der Waals surface area contributed by atoms with Crippen LogP contribution in [0.15, 0.2) is 0 Å². The Morgan fingerprint density at radius 1 is 1.83 bits per heavy atom. The average molecular weight is 174 g/mol. The van der Waals surface area contributed by atoms with Gasteiger partial charge in [0.25, 0.3) is 0 Å². The molecule has 1 aliphatic rings. The van der Waals surface area contributed by atoms with Crippen LogP contribution in [-0.2, 0) is 9.53 Å². The lowest BCUT2D eigenvalue weighted by Gasteiger charge is -2.16. The molecule has 0 aromatic rings. The van der Waals surface area contributed by atoms with Crippen molar-refractivity contribution < 1.29 is 19.4 Å². The highest BCUT2D eigenvalue weighted by molar-refractivity contribution is 5.77. The number of alkyl carbamates (subject to hydrolysis) is 1.